The Morgan fingerprint density at radius 1 is 1.42 bits per heavy atom. The number of carbonyl (C=O) groups excluding carboxylic acids is 1. The second-order valence-corrected chi connectivity index (χ2v) is 4.68. The van der Waals surface area contributed by atoms with Crippen LogP contribution < -0.4 is 15.8 Å². The van der Waals surface area contributed by atoms with Crippen LogP contribution in [0.25, 0.3) is 0 Å². The summed E-state index contributed by atoms with van der Waals surface area (Å²) in [6.45, 7) is 4.83. The first kappa shape index (κ1) is 15.4. The van der Waals surface area contributed by atoms with E-state index >= 15 is 0 Å². The highest BCUT2D eigenvalue weighted by molar-refractivity contribution is 5.84. The van der Waals surface area contributed by atoms with Crippen molar-refractivity contribution in [1.29, 1.82) is 0 Å². The molecule has 0 heterocycles. The van der Waals surface area contributed by atoms with Crippen LogP contribution in [0.1, 0.15) is 26.7 Å². The molecule has 1 amide bonds. The molecule has 1 rings (SSSR count). The Morgan fingerprint density at radius 2 is 2.05 bits per heavy atom. The molecule has 1 atom stereocenters. The molecule has 106 valence electrons. The van der Waals surface area contributed by atoms with Crippen LogP contribution in [-0.4, -0.2) is 24.6 Å². The van der Waals surface area contributed by atoms with Crippen molar-refractivity contribution in [1.82, 2.24) is 5.32 Å². The molecule has 3 N–H and O–H groups in total. The summed E-state index contributed by atoms with van der Waals surface area (Å²) < 4.78 is 18.2. The molecule has 1 aromatic carbocycles. The first-order valence-corrected chi connectivity index (χ1v) is 6.41. The Bertz CT molecular complexity index is 408. The third-order valence-corrected chi connectivity index (χ3v) is 2.99. The Labute approximate surface area is 113 Å². The Balaban J connectivity index is 2.48. The van der Waals surface area contributed by atoms with Gasteiger partial charge in [0.2, 0.25) is 5.91 Å². The van der Waals surface area contributed by atoms with Gasteiger partial charge in [0.15, 0.2) is 0 Å². The molecule has 0 aromatic heterocycles. The van der Waals surface area contributed by atoms with E-state index in [0.29, 0.717) is 18.8 Å². The van der Waals surface area contributed by atoms with Gasteiger partial charge in [-0.25, -0.2) is 4.39 Å². The van der Waals surface area contributed by atoms with Crippen molar-refractivity contribution in [3.05, 3.63) is 30.1 Å². The lowest BCUT2D eigenvalue weighted by Crippen LogP contribution is -2.54. The molecule has 0 saturated carbocycles. The first-order chi connectivity index (χ1) is 8.98. The smallest absolute Gasteiger partial charge is 0.237 e. The van der Waals surface area contributed by atoms with Crippen LogP contribution in [-0.2, 0) is 4.79 Å². The van der Waals surface area contributed by atoms with Gasteiger partial charge >= 0.3 is 0 Å². The molecule has 0 radical (unpaired) electrons. The van der Waals surface area contributed by atoms with Crippen LogP contribution in [0, 0.1) is 5.82 Å². The maximum Gasteiger partial charge on any atom is 0.237 e. The van der Waals surface area contributed by atoms with Crippen molar-refractivity contribution in [2.45, 2.75) is 32.2 Å². The Kier molecular flexibility index (Phi) is 5.76. The minimum atomic E-state index is -0.782. The molecule has 0 aliphatic heterocycles. The van der Waals surface area contributed by atoms with E-state index < -0.39 is 11.4 Å². The van der Waals surface area contributed by atoms with Gasteiger partial charge in [-0.1, -0.05) is 6.92 Å². The van der Waals surface area contributed by atoms with E-state index in [4.69, 9.17) is 10.5 Å². The summed E-state index contributed by atoms with van der Waals surface area (Å²) >= 11 is 0. The maximum absolute atomic E-state index is 12.7. The minimum absolute atomic E-state index is 0.307. The van der Waals surface area contributed by atoms with Crippen molar-refractivity contribution < 1.29 is 13.9 Å². The van der Waals surface area contributed by atoms with E-state index in [1.165, 1.54) is 12.1 Å². The van der Waals surface area contributed by atoms with E-state index in [9.17, 15) is 9.18 Å². The summed E-state index contributed by atoms with van der Waals surface area (Å²) in [7, 11) is 0. The first-order valence-electron chi connectivity index (χ1n) is 6.41. The largest absolute Gasteiger partial charge is 0.494 e. The molecule has 0 spiro atoms. The van der Waals surface area contributed by atoms with Crippen LogP contribution >= 0.6 is 0 Å². The van der Waals surface area contributed by atoms with Gasteiger partial charge in [-0.05, 0) is 44.2 Å². The lowest BCUT2D eigenvalue weighted by Gasteiger charge is -2.27. The molecular formula is C14H21FN2O2. The van der Waals surface area contributed by atoms with Crippen LogP contribution in [0.4, 0.5) is 4.39 Å². The Hall–Kier alpha value is -1.62. The summed E-state index contributed by atoms with van der Waals surface area (Å²) in [5.41, 5.74) is 4.62. The van der Waals surface area contributed by atoms with Crippen molar-refractivity contribution in [2.75, 3.05) is 13.2 Å². The number of hydrogen-bond acceptors (Lipinski definition) is 3. The second kappa shape index (κ2) is 7.09. The summed E-state index contributed by atoms with van der Waals surface area (Å²) in [6, 6.07) is 5.77. The summed E-state index contributed by atoms with van der Waals surface area (Å²) in [4.78, 5) is 11.5. The standard InChI is InChI=1S/C14H21FN2O2/c1-3-9-17-14(2,13(16)18)8-10-19-12-6-4-11(15)5-7-12/h4-7,17H,3,8-10H2,1-2H3,(H2,16,18). The number of nitrogens with one attached hydrogen (secondary N) is 1. The average Bonchev–Trinajstić information content (AvgIpc) is 2.38. The summed E-state index contributed by atoms with van der Waals surface area (Å²) in [5.74, 6) is -0.133. The SMILES string of the molecule is CCCNC(C)(CCOc1ccc(F)cc1)C(N)=O. The van der Waals surface area contributed by atoms with E-state index in [-0.39, 0.29) is 5.82 Å². The van der Waals surface area contributed by atoms with Gasteiger partial charge in [-0.3, -0.25) is 4.79 Å². The number of hydrogen-bond donors (Lipinski definition) is 2. The molecule has 0 saturated heterocycles. The highest BCUT2D eigenvalue weighted by Crippen LogP contribution is 2.14. The number of primary amides is 1. The fourth-order valence-corrected chi connectivity index (χ4v) is 1.60. The van der Waals surface area contributed by atoms with Gasteiger partial charge in [0.05, 0.1) is 12.1 Å². The molecule has 4 nitrogen and oxygen atoms in total. The van der Waals surface area contributed by atoms with E-state index in [0.717, 1.165) is 13.0 Å². The second-order valence-electron chi connectivity index (χ2n) is 4.68. The van der Waals surface area contributed by atoms with Crippen LogP contribution in [0.5, 0.6) is 5.75 Å². The molecule has 0 fully saturated rings. The average molecular weight is 268 g/mol. The topological polar surface area (TPSA) is 64.3 Å². The highest BCUT2D eigenvalue weighted by Gasteiger charge is 2.29. The Morgan fingerprint density at radius 3 is 2.58 bits per heavy atom. The van der Waals surface area contributed by atoms with Gasteiger partial charge in [0.1, 0.15) is 11.6 Å². The predicted octanol–water partition coefficient (Wildman–Crippen LogP) is 1.84. The van der Waals surface area contributed by atoms with E-state index in [1.54, 1.807) is 19.1 Å². The molecule has 1 aromatic rings. The van der Waals surface area contributed by atoms with Gasteiger partial charge in [-0.2, -0.15) is 0 Å². The molecular weight excluding hydrogens is 247 g/mol. The zero-order valence-electron chi connectivity index (χ0n) is 11.4. The number of halogens is 1. The molecule has 0 bridgehead atoms. The lowest BCUT2D eigenvalue weighted by atomic mass is 9.97. The predicted molar refractivity (Wildman–Crippen MR) is 72.4 cm³/mol. The molecule has 5 heteroatoms. The molecule has 0 aliphatic carbocycles. The van der Waals surface area contributed by atoms with Gasteiger partial charge in [-0.15, -0.1) is 0 Å². The van der Waals surface area contributed by atoms with Crippen molar-refractivity contribution in [3.63, 3.8) is 0 Å². The van der Waals surface area contributed by atoms with Crippen LogP contribution in [0.2, 0.25) is 0 Å². The lowest BCUT2D eigenvalue weighted by molar-refractivity contribution is -0.124. The third-order valence-electron chi connectivity index (χ3n) is 2.99. The highest BCUT2D eigenvalue weighted by atomic mass is 19.1. The van der Waals surface area contributed by atoms with Crippen molar-refractivity contribution in [2.24, 2.45) is 5.73 Å². The van der Waals surface area contributed by atoms with Crippen molar-refractivity contribution >= 4 is 5.91 Å². The minimum Gasteiger partial charge on any atom is -0.494 e. The number of carbonyl (C=O) groups is 1. The fraction of sp³-hybridized carbons (Fsp3) is 0.500. The number of nitrogens with two attached hydrogens (primary N) is 1. The zero-order chi connectivity index (χ0) is 14.3. The quantitative estimate of drug-likeness (QED) is 0.756. The third kappa shape index (κ3) is 4.87. The van der Waals surface area contributed by atoms with E-state index in [2.05, 4.69) is 5.32 Å². The normalized spacial score (nSPS) is 13.8. The maximum atomic E-state index is 12.7. The summed E-state index contributed by atoms with van der Waals surface area (Å²) in [6.07, 6.45) is 1.38. The number of ether oxygens (including phenoxy) is 1. The van der Waals surface area contributed by atoms with E-state index in [1.807, 2.05) is 6.92 Å². The monoisotopic (exact) mass is 268 g/mol. The van der Waals surface area contributed by atoms with Crippen LogP contribution in [0.15, 0.2) is 24.3 Å². The van der Waals surface area contributed by atoms with Gasteiger partial charge in [0, 0.05) is 6.42 Å². The molecule has 1 unspecified atom stereocenters. The summed E-state index contributed by atoms with van der Waals surface area (Å²) in [5, 5.41) is 3.13. The zero-order valence-corrected chi connectivity index (χ0v) is 11.4. The van der Waals surface area contributed by atoms with Gasteiger partial charge < -0.3 is 15.8 Å². The van der Waals surface area contributed by atoms with Crippen LogP contribution in [0.3, 0.4) is 0 Å². The molecule has 0 aliphatic rings. The number of benzene rings is 1. The number of amides is 1. The van der Waals surface area contributed by atoms with Gasteiger partial charge in [0.25, 0.3) is 0 Å². The van der Waals surface area contributed by atoms with Crippen molar-refractivity contribution in [3.8, 4) is 5.75 Å². The fourth-order valence-electron chi connectivity index (χ4n) is 1.60. The number of rotatable bonds is 8. The molecule has 19 heavy (non-hydrogen) atoms.